The average Bonchev–Trinajstić information content (AvgIpc) is 2.78. The summed E-state index contributed by atoms with van der Waals surface area (Å²) < 4.78 is 33.0. The second-order valence-corrected chi connectivity index (χ2v) is 9.03. The predicted octanol–water partition coefficient (Wildman–Crippen LogP) is 2.09. The van der Waals surface area contributed by atoms with Crippen LogP contribution in [0.25, 0.3) is 10.9 Å². The number of ether oxygens (including phenoxy) is 1. The number of benzene rings is 1. The summed E-state index contributed by atoms with van der Waals surface area (Å²) in [6.07, 6.45) is 3.13. The number of nitrogens with zero attached hydrogens (tertiary/aromatic N) is 4. The molecule has 1 aliphatic heterocycles. The Morgan fingerprint density at radius 1 is 1.03 bits per heavy atom. The minimum absolute atomic E-state index is 0.176. The Labute approximate surface area is 175 Å². The lowest BCUT2D eigenvalue weighted by molar-refractivity contribution is 0.0697. The van der Waals surface area contributed by atoms with Gasteiger partial charge in [-0.15, -0.1) is 0 Å². The second kappa shape index (κ2) is 8.00. The number of hydrogen-bond donors (Lipinski definition) is 0. The van der Waals surface area contributed by atoms with Gasteiger partial charge in [-0.2, -0.15) is 4.31 Å². The Hall–Kier alpha value is -3.04. The Morgan fingerprint density at radius 3 is 2.47 bits per heavy atom. The molecule has 156 valence electrons. The number of hydrogen-bond acceptors (Lipinski definition) is 6. The van der Waals surface area contributed by atoms with Gasteiger partial charge >= 0.3 is 0 Å². The Morgan fingerprint density at radius 2 is 1.80 bits per heavy atom. The van der Waals surface area contributed by atoms with E-state index in [2.05, 4.69) is 9.97 Å². The van der Waals surface area contributed by atoms with E-state index in [9.17, 15) is 13.2 Å². The zero-order valence-corrected chi connectivity index (χ0v) is 17.6. The van der Waals surface area contributed by atoms with Crippen molar-refractivity contribution in [2.24, 2.45) is 0 Å². The fourth-order valence-electron chi connectivity index (χ4n) is 3.53. The molecule has 1 amide bonds. The first kappa shape index (κ1) is 20.2. The van der Waals surface area contributed by atoms with E-state index in [0.717, 1.165) is 10.9 Å². The summed E-state index contributed by atoms with van der Waals surface area (Å²) in [6, 6.07) is 10.4. The van der Waals surface area contributed by atoms with Crippen molar-refractivity contribution in [2.45, 2.75) is 11.8 Å². The van der Waals surface area contributed by atoms with Gasteiger partial charge in [-0.05, 0) is 30.7 Å². The summed E-state index contributed by atoms with van der Waals surface area (Å²) in [6.45, 7) is 2.98. The van der Waals surface area contributed by atoms with Crippen molar-refractivity contribution in [3.8, 4) is 5.88 Å². The lowest BCUT2D eigenvalue weighted by Crippen LogP contribution is -2.50. The number of para-hydroxylation sites is 1. The number of pyridine rings is 2. The zero-order chi connectivity index (χ0) is 21.3. The highest BCUT2D eigenvalue weighted by Gasteiger charge is 2.31. The van der Waals surface area contributed by atoms with Crippen LogP contribution in [0.2, 0.25) is 0 Å². The number of sulfonamides is 1. The van der Waals surface area contributed by atoms with Crippen molar-refractivity contribution in [1.82, 2.24) is 19.2 Å². The topological polar surface area (TPSA) is 92.7 Å². The number of piperazine rings is 1. The third-order valence-corrected chi connectivity index (χ3v) is 7.08. The zero-order valence-electron chi connectivity index (χ0n) is 16.8. The van der Waals surface area contributed by atoms with E-state index >= 15 is 0 Å². The van der Waals surface area contributed by atoms with Crippen LogP contribution >= 0.6 is 0 Å². The van der Waals surface area contributed by atoms with Gasteiger partial charge in [0.1, 0.15) is 4.90 Å². The lowest BCUT2D eigenvalue weighted by atomic mass is 10.2. The van der Waals surface area contributed by atoms with E-state index in [4.69, 9.17) is 4.74 Å². The van der Waals surface area contributed by atoms with Crippen LogP contribution in [0.3, 0.4) is 0 Å². The van der Waals surface area contributed by atoms with E-state index < -0.39 is 10.0 Å². The number of fused-ring (bicyclic) bond motifs is 1. The van der Waals surface area contributed by atoms with Crippen molar-refractivity contribution in [3.05, 3.63) is 59.9 Å². The summed E-state index contributed by atoms with van der Waals surface area (Å²) in [5.74, 6) is 0.255. The molecule has 2 aromatic heterocycles. The van der Waals surface area contributed by atoms with Crippen molar-refractivity contribution in [1.29, 1.82) is 0 Å². The van der Waals surface area contributed by atoms with Crippen molar-refractivity contribution >= 4 is 26.8 Å². The molecule has 0 unspecified atom stereocenters. The highest BCUT2D eigenvalue weighted by molar-refractivity contribution is 7.89. The van der Waals surface area contributed by atoms with E-state index in [1.54, 1.807) is 35.4 Å². The number of aromatic nitrogens is 2. The third-order valence-electron chi connectivity index (χ3n) is 5.15. The summed E-state index contributed by atoms with van der Waals surface area (Å²) in [5.41, 5.74) is 1.88. The number of methoxy groups -OCH3 is 1. The summed E-state index contributed by atoms with van der Waals surface area (Å²) >= 11 is 0. The number of aryl methyl sites for hydroxylation is 1. The molecular weight excluding hydrogens is 404 g/mol. The number of amides is 1. The molecule has 1 saturated heterocycles. The number of carbonyl (C=O) groups excluding carboxylic acids is 1. The van der Waals surface area contributed by atoms with Gasteiger partial charge in [0.2, 0.25) is 15.9 Å². The van der Waals surface area contributed by atoms with Gasteiger partial charge in [0.05, 0.1) is 18.2 Å². The summed E-state index contributed by atoms with van der Waals surface area (Å²) in [5, 5.41) is 0.789. The van der Waals surface area contributed by atoms with E-state index in [0.29, 0.717) is 30.0 Å². The van der Waals surface area contributed by atoms with Crippen molar-refractivity contribution < 1.29 is 17.9 Å². The molecule has 8 nitrogen and oxygen atoms in total. The van der Waals surface area contributed by atoms with E-state index in [1.807, 2.05) is 19.1 Å². The molecule has 3 heterocycles. The molecule has 3 aromatic rings. The largest absolute Gasteiger partial charge is 0.481 e. The first-order valence-electron chi connectivity index (χ1n) is 9.55. The predicted molar refractivity (Wildman–Crippen MR) is 112 cm³/mol. The standard InChI is InChI=1S/C21H22N4O4S/c1-15-12-16-4-3-5-18(20(16)23-13-15)30(27,28)25-10-8-24(9-11-25)21(26)17-6-7-19(29-2)22-14-17/h3-7,12-14H,8-11H2,1-2H3. The van der Waals surface area contributed by atoms with Crippen LogP contribution in [0.4, 0.5) is 0 Å². The van der Waals surface area contributed by atoms with E-state index in [-0.39, 0.29) is 23.9 Å². The van der Waals surface area contributed by atoms with Gasteiger partial charge in [0, 0.05) is 50.0 Å². The molecule has 1 aliphatic rings. The molecule has 9 heteroatoms. The summed E-state index contributed by atoms with van der Waals surface area (Å²) in [4.78, 5) is 22.9. The SMILES string of the molecule is COc1ccc(C(=O)N2CCN(S(=O)(=O)c3cccc4cc(C)cnc34)CC2)cn1. The average molecular weight is 426 g/mol. The van der Waals surface area contributed by atoms with Gasteiger partial charge in [0.25, 0.3) is 5.91 Å². The molecule has 1 aromatic carbocycles. The third kappa shape index (κ3) is 3.73. The molecule has 30 heavy (non-hydrogen) atoms. The first-order valence-corrected chi connectivity index (χ1v) is 11.0. The lowest BCUT2D eigenvalue weighted by Gasteiger charge is -2.34. The smallest absolute Gasteiger partial charge is 0.255 e. The fraction of sp³-hybridized carbons (Fsp3) is 0.286. The highest BCUT2D eigenvalue weighted by Crippen LogP contribution is 2.25. The van der Waals surface area contributed by atoms with Gasteiger partial charge < -0.3 is 9.64 Å². The molecule has 4 rings (SSSR count). The molecule has 0 N–H and O–H groups in total. The maximum atomic E-state index is 13.3. The molecule has 0 radical (unpaired) electrons. The molecular formula is C21H22N4O4S. The molecule has 0 spiro atoms. The minimum Gasteiger partial charge on any atom is -0.481 e. The van der Waals surface area contributed by atoms with Crippen molar-refractivity contribution in [2.75, 3.05) is 33.3 Å². The van der Waals surface area contributed by atoms with Crippen LogP contribution in [0.5, 0.6) is 5.88 Å². The Bertz CT molecular complexity index is 1190. The fourth-order valence-corrected chi connectivity index (χ4v) is 5.12. The number of carbonyl (C=O) groups is 1. The van der Waals surface area contributed by atoms with Crippen LogP contribution in [0.15, 0.2) is 53.7 Å². The van der Waals surface area contributed by atoms with Crippen LogP contribution in [-0.2, 0) is 10.0 Å². The van der Waals surface area contributed by atoms with Crippen molar-refractivity contribution in [3.63, 3.8) is 0 Å². The molecule has 1 fully saturated rings. The van der Waals surface area contributed by atoms with E-state index in [1.165, 1.54) is 17.6 Å². The highest BCUT2D eigenvalue weighted by atomic mass is 32.2. The Kier molecular flexibility index (Phi) is 5.40. The van der Waals surface area contributed by atoms with Crippen LogP contribution < -0.4 is 4.74 Å². The van der Waals surface area contributed by atoms with Crippen LogP contribution in [0.1, 0.15) is 15.9 Å². The van der Waals surface area contributed by atoms with Gasteiger partial charge in [0.15, 0.2) is 0 Å². The summed E-state index contributed by atoms with van der Waals surface area (Å²) in [7, 11) is -2.21. The second-order valence-electron chi connectivity index (χ2n) is 7.13. The molecule has 0 bridgehead atoms. The maximum Gasteiger partial charge on any atom is 0.255 e. The molecule has 0 aliphatic carbocycles. The first-order chi connectivity index (χ1) is 14.4. The minimum atomic E-state index is -3.72. The Balaban J connectivity index is 1.51. The normalized spacial score (nSPS) is 15.3. The number of rotatable bonds is 4. The molecule has 0 atom stereocenters. The van der Waals surface area contributed by atoms with Gasteiger partial charge in [-0.3, -0.25) is 9.78 Å². The monoisotopic (exact) mass is 426 g/mol. The van der Waals surface area contributed by atoms with Gasteiger partial charge in [-0.1, -0.05) is 12.1 Å². The maximum absolute atomic E-state index is 13.3. The van der Waals surface area contributed by atoms with Gasteiger partial charge in [-0.25, -0.2) is 13.4 Å². The molecule has 0 saturated carbocycles. The van der Waals surface area contributed by atoms with Crippen LogP contribution in [0, 0.1) is 6.92 Å². The quantitative estimate of drug-likeness (QED) is 0.634. The van der Waals surface area contributed by atoms with Crippen LogP contribution in [-0.4, -0.2) is 66.8 Å².